The van der Waals surface area contributed by atoms with Crippen LogP contribution >= 0.6 is 0 Å². The highest BCUT2D eigenvalue weighted by atomic mass is 16.5. The molecule has 1 saturated heterocycles. The molecule has 152 valence electrons. The number of ether oxygens (including phenoxy) is 1. The fraction of sp³-hybridized carbons (Fsp3) is 0.318. The summed E-state index contributed by atoms with van der Waals surface area (Å²) in [4.78, 5) is 15.5. The predicted molar refractivity (Wildman–Crippen MR) is 111 cm³/mol. The Morgan fingerprint density at radius 1 is 1.07 bits per heavy atom. The largest absolute Gasteiger partial charge is 0.394 e. The van der Waals surface area contributed by atoms with Crippen LogP contribution in [0.25, 0.3) is 22.0 Å². The molecule has 5 unspecified atom stereocenters. The van der Waals surface area contributed by atoms with E-state index in [4.69, 9.17) is 4.74 Å². The van der Waals surface area contributed by atoms with Crippen LogP contribution in [0.2, 0.25) is 0 Å². The third-order valence-corrected chi connectivity index (χ3v) is 5.44. The Balaban J connectivity index is 1.62. The van der Waals surface area contributed by atoms with E-state index in [0.29, 0.717) is 16.8 Å². The minimum absolute atomic E-state index is 0.184. The molecule has 1 aliphatic heterocycles. The molecule has 0 saturated carbocycles. The molecule has 4 rings (SSSR count). The number of benzene rings is 2. The highest BCUT2D eigenvalue weighted by Crippen LogP contribution is 2.26. The molecule has 7 nitrogen and oxygen atoms in total. The van der Waals surface area contributed by atoms with Crippen LogP contribution in [0.5, 0.6) is 0 Å². The van der Waals surface area contributed by atoms with E-state index in [0.717, 1.165) is 10.9 Å². The van der Waals surface area contributed by atoms with Gasteiger partial charge in [-0.25, -0.2) is 0 Å². The van der Waals surface area contributed by atoms with E-state index in [1.807, 2.05) is 48.5 Å². The van der Waals surface area contributed by atoms with Crippen molar-refractivity contribution in [1.82, 2.24) is 4.98 Å². The normalized spacial score (nSPS) is 27.1. The molecule has 5 N–H and O–H groups in total. The molecule has 1 aromatic heterocycles. The van der Waals surface area contributed by atoms with Gasteiger partial charge in [0.25, 0.3) is 5.56 Å². The Hall–Kier alpha value is -2.71. The summed E-state index contributed by atoms with van der Waals surface area (Å²) in [6.07, 6.45) is -3.54. The number of fused-ring (bicyclic) bond motifs is 1. The van der Waals surface area contributed by atoms with E-state index in [-0.39, 0.29) is 12.2 Å². The molecule has 0 aliphatic carbocycles. The van der Waals surface area contributed by atoms with Crippen molar-refractivity contribution < 1.29 is 20.1 Å². The Bertz CT molecular complexity index is 1050. The lowest BCUT2D eigenvalue weighted by atomic mass is 9.93. The maximum atomic E-state index is 12.6. The van der Waals surface area contributed by atoms with Gasteiger partial charge >= 0.3 is 0 Å². The molecule has 5 atom stereocenters. The second-order valence-electron chi connectivity index (χ2n) is 7.39. The molecular formula is C22H24N2O5. The summed E-state index contributed by atoms with van der Waals surface area (Å²) in [7, 11) is 0. The van der Waals surface area contributed by atoms with Crippen molar-refractivity contribution in [3.05, 3.63) is 65.0 Å². The summed E-state index contributed by atoms with van der Waals surface area (Å²) in [6.45, 7) is 1.40. The average molecular weight is 396 g/mol. The minimum Gasteiger partial charge on any atom is -0.394 e. The summed E-state index contributed by atoms with van der Waals surface area (Å²) in [6, 6.07) is 16.3. The van der Waals surface area contributed by atoms with Crippen LogP contribution in [0.3, 0.4) is 0 Å². The number of hydrogen-bond donors (Lipinski definition) is 5. The number of aliphatic hydroxyl groups excluding tert-OH is 3. The van der Waals surface area contributed by atoms with Gasteiger partial charge in [0.2, 0.25) is 0 Å². The monoisotopic (exact) mass is 396 g/mol. The van der Waals surface area contributed by atoms with Gasteiger partial charge < -0.3 is 30.4 Å². The minimum atomic E-state index is -1.19. The molecule has 7 heteroatoms. The summed E-state index contributed by atoms with van der Waals surface area (Å²) in [5, 5.41) is 33.9. The van der Waals surface area contributed by atoms with Crippen LogP contribution in [0.15, 0.2) is 59.4 Å². The lowest BCUT2D eigenvalue weighted by Crippen LogP contribution is -2.60. The number of H-pyrrole nitrogens is 1. The average Bonchev–Trinajstić information content (AvgIpc) is 2.73. The molecule has 1 fully saturated rings. The van der Waals surface area contributed by atoms with E-state index >= 15 is 0 Å². The predicted octanol–water partition coefficient (Wildman–Crippen LogP) is 1.48. The van der Waals surface area contributed by atoms with Crippen molar-refractivity contribution in [2.24, 2.45) is 0 Å². The van der Waals surface area contributed by atoms with Crippen LogP contribution in [0.4, 0.5) is 5.69 Å². The number of aromatic nitrogens is 1. The van der Waals surface area contributed by atoms with Crippen LogP contribution < -0.4 is 10.9 Å². The van der Waals surface area contributed by atoms with Crippen LogP contribution in [0, 0.1) is 0 Å². The second-order valence-corrected chi connectivity index (χ2v) is 7.39. The zero-order valence-corrected chi connectivity index (χ0v) is 15.9. The molecule has 0 bridgehead atoms. The first-order valence-corrected chi connectivity index (χ1v) is 9.59. The molecule has 2 aromatic carbocycles. The van der Waals surface area contributed by atoms with Gasteiger partial charge in [-0.3, -0.25) is 4.79 Å². The van der Waals surface area contributed by atoms with Gasteiger partial charge in [0.05, 0.1) is 24.3 Å². The molecule has 29 heavy (non-hydrogen) atoms. The number of aliphatic hydroxyl groups is 3. The number of nitrogens with one attached hydrogen (secondary N) is 2. The SMILES string of the molecule is CC1OC(CO)C(O)C(O)C1Nc1ccc2cc(-c3ccccc3)c(=O)[nH]c2c1. The van der Waals surface area contributed by atoms with Crippen molar-refractivity contribution in [2.45, 2.75) is 37.4 Å². The van der Waals surface area contributed by atoms with E-state index in [2.05, 4.69) is 10.3 Å². The van der Waals surface area contributed by atoms with Gasteiger partial charge in [-0.1, -0.05) is 36.4 Å². The maximum Gasteiger partial charge on any atom is 0.256 e. The highest BCUT2D eigenvalue weighted by Gasteiger charge is 2.42. The van der Waals surface area contributed by atoms with Gasteiger partial charge in [-0.2, -0.15) is 0 Å². The van der Waals surface area contributed by atoms with Gasteiger partial charge in [-0.05, 0) is 36.1 Å². The molecule has 0 spiro atoms. The standard InChI is InChI=1S/C22H24N2O5/c1-12-19(21(27)20(26)18(11-25)29-12)23-15-8-7-14-9-16(13-5-3-2-4-6-13)22(28)24-17(14)10-15/h2-10,12,18-21,23,25-27H,11H2,1H3,(H,24,28). The van der Waals surface area contributed by atoms with Gasteiger partial charge in [0.1, 0.15) is 18.3 Å². The van der Waals surface area contributed by atoms with Crippen molar-refractivity contribution in [3.8, 4) is 11.1 Å². The van der Waals surface area contributed by atoms with Crippen molar-refractivity contribution in [1.29, 1.82) is 0 Å². The number of rotatable bonds is 4. The third-order valence-electron chi connectivity index (χ3n) is 5.44. The second kappa shape index (κ2) is 7.96. The van der Waals surface area contributed by atoms with E-state index < -0.39 is 30.5 Å². The summed E-state index contributed by atoms with van der Waals surface area (Å²) >= 11 is 0. The lowest BCUT2D eigenvalue weighted by Gasteiger charge is -2.41. The Morgan fingerprint density at radius 3 is 2.55 bits per heavy atom. The number of pyridine rings is 1. The van der Waals surface area contributed by atoms with Crippen LogP contribution in [-0.2, 0) is 4.74 Å². The Labute approximate surface area is 167 Å². The third kappa shape index (κ3) is 3.77. The quantitative estimate of drug-likeness (QED) is 0.456. The maximum absolute atomic E-state index is 12.6. The van der Waals surface area contributed by atoms with Crippen molar-refractivity contribution in [3.63, 3.8) is 0 Å². The van der Waals surface area contributed by atoms with Gasteiger partial charge in [0, 0.05) is 11.3 Å². The number of aromatic amines is 1. The number of anilines is 1. The van der Waals surface area contributed by atoms with Gasteiger partial charge in [-0.15, -0.1) is 0 Å². The van der Waals surface area contributed by atoms with Crippen LogP contribution in [0.1, 0.15) is 6.92 Å². The van der Waals surface area contributed by atoms with E-state index in [1.165, 1.54) is 0 Å². The van der Waals surface area contributed by atoms with Crippen LogP contribution in [-0.4, -0.2) is 57.4 Å². The molecule has 2 heterocycles. The topological polar surface area (TPSA) is 115 Å². The molecule has 0 radical (unpaired) electrons. The molecule has 1 aliphatic rings. The summed E-state index contributed by atoms with van der Waals surface area (Å²) < 4.78 is 5.59. The van der Waals surface area contributed by atoms with Crippen molar-refractivity contribution in [2.75, 3.05) is 11.9 Å². The summed E-state index contributed by atoms with van der Waals surface area (Å²) in [5.41, 5.74) is 2.60. The fourth-order valence-corrected chi connectivity index (χ4v) is 3.82. The molecular weight excluding hydrogens is 372 g/mol. The first kappa shape index (κ1) is 19.6. The van der Waals surface area contributed by atoms with Gasteiger partial charge in [0.15, 0.2) is 0 Å². The Kier molecular flexibility index (Phi) is 5.38. The molecule has 0 amide bonds. The first-order chi connectivity index (χ1) is 14.0. The zero-order valence-electron chi connectivity index (χ0n) is 15.9. The van der Waals surface area contributed by atoms with E-state index in [1.54, 1.807) is 13.0 Å². The Morgan fingerprint density at radius 2 is 1.83 bits per heavy atom. The number of hydrogen-bond acceptors (Lipinski definition) is 6. The fourth-order valence-electron chi connectivity index (χ4n) is 3.82. The lowest BCUT2D eigenvalue weighted by molar-refractivity contribution is -0.180. The molecule has 3 aromatic rings. The first-order valence-electron chi connectivity index (χ1n) is 9.59. The zero-order chi connectivity index (χ0) is 20.5. The van der Waals surface area contributed by atoms with E-state index in [9.17, 15) is 20.1 Å². The smallest absolute Gasteiger partial charge is 0.256 e. The van der Waals surface area contributed by atoms with Crippen molar-refractivity contribution >= 4 is 16.6 Å². The summed E-state index contributed by atoms with van der Waals surface area (Å²) in [5.74, 6) is 0. The highest BCUT2D eigenvalue weighted by molar-refractivity contribution is 5.86.